The Bertz CT molecular complexity index is 763. The van der Waals surface area contributed by atoms with Gasteiger partial charge >= 0.3 is 6.03 Å². The molecule has 2 heterocycles. The summed E-state index contributed by atoms with van der Waals surface area (Å²) in [6.45, 7) is 2.84. The number of nitrogens with zero attached hydrogens (tertiary/aromatic N) is 1. The average molecular weight is 386 g/mol. The first-order valence-electron chi connectivity index (χ1n) is 10.4. The number of hydrogen-bond acceptors (Lipinski definition) is 4. The van der Waals surface area contributed by atoms with E-state index in [9.17, 15) is 9.59 Å². The number of rotatable bonds is 5. The van der Waals surface area contributed by atoms with Crippen LogP contribution in [-0.2, 0) is 10.2 Å². The maximum Gasteiger partial charge on any atom is 0.315 e. The van der Waals surface area contributed by atoms with Gasteiger partial charge in [-0.15, -0.1) is 0 Å². The number of carbonyl (C=O) groups excluding carboxylic acids is 2. The van der Waals surface area contributed by atoms with Crippen LogP contribution >= 0.6 is 0 Å². The molecule has 1 aromatic heterocycles. The van der Waals surface area contributed by atoms with Gasteiger partial charge in [-0.2, -0.15) is 0 Å². The summed E-state index contributed by atoms with van der Waals surface area (Å²) in [6, 6.07) is 3.85. The molecule has 152 valence electrons. The van der Waals surface area contributed by atoms with Crippen molar-refractivity contribution in [1.29, 1.82) is 0 Å². The molecule has 7 nitrogen and oxygen atoms in total. The van der Waals surface area contributed by atoms with Gasteiger partial charge < -0.3 is 20.7 Å². The van der Waals surface area contributed by atoms with Crippen LogP contribution in [0.5, 0.6) is 5.88 Å². The Hall–Kier alpha value is -2.31. The summed E-state index contributed by atoms with van der Waals surface area (Å²) in [5.74, 6) is 0.627. The molecule has 2 spiro atoms. The van der Waals surface area contributed by atoms with Gasteiger partial charge in [0.05, 0.1) is 23.9 Å². The fourth-order valence-electron chi connectivity index (χ4n) is 5.27. The number of fused-ring (bicyclic) bond motifs is 2. The molecular weight excluding hydrogens is 356 g/mol. The molecule has 7 heteroatoms. The lowest BCUT2D eigenvalue weighted by Crippen LogP contribution is -2.56. The second-order valence-electron chi connectivity index (χ2n) is 8.67. The molecule has 0 aromatic carbocycles. The smallest absolute Gasteiger partial charge is 0.315 e. The van der Waals surface area contributed by atoms with Gasteiger partial charge in [0.15, 0.2) is 0 Å². The fourth-order valence-corrected chi connectivity index (χ4v) is 5.27. The van der Waals surface area contributed by atoms with Crippen molar-refractivity contribution in [3.63, 3.8) is 0 Å². The molecule has 28 heavy (non-hydrogen) atoms. The molecule has 4 rings (SSSR count). The van der Waals surface area contributed by atoms with Crippen LogP contribution < -0.4 is 20.7 Å². The fraction of sp³-hybridized carbons (Fsp3) is 0.667. The summed E-state index contributed by atoms with van der Waals surface area (Å²) in [4.78, 5) is 29.3. The number of anilines is 1. The molecule has 0 unspecified atom stereocenters. The number of unbranched alkanes of at least 4 members (excludes halogenated alkanes) is 1. The highest BCUT2D eigenvalue weighted by Crippen LogP contribution is 2.64. The summed E-state index contributed by atoms with van der Waals surface area (Å²) in [5.41, 5.74) is 1.36. The number of nitrogens with one attached hydrogen (secondary N) is 3. The van der Waals surface area contributed by atoms with Gasteiger partial charge in [0.1, 0.15) is 0 Å². The van der Waals surface area contributed by atoms with Gasteiger partial charge in [-0.25, -0.2) is 9.78 Å². The Balaban J connectivity index is 1.35. The Morgan fingerprint density at radius 3 is 2.75 bits per heavy atom. The first kappa shape index (κ1) is 19.0. The van der Waals surface area contributed by atoms with Crippen molar-refractivity contribution in [2.24, 2.45) is 5.41 Å². The van der Waals surface area contributed by atoms with Gasteiger partial charge in [0.2, 0.25) is 11.8 Å². The number of urea groups is 1. The normalized spacial score (nSPS) is 30.5. The molecule has 1 aromatic rings. The minimum absolute atomic E-state index is 0.0557. The lowest BCUT2D eigenvalue weighted by atomic mass is 9.47. The van der Waals surface area contributed by atoms with E-state index in [0.29, 0.717) is 5.88 Å². The van der Waals surface area contributed by atoms with Crippen LogP contribution in [0.2, 0.25) is 0 Å². The number of aromatic nitrogens is 1. The van der Waals surface area contributed by atoms with Crippen LogP contribution in [0.4, 0.5) is 10.5 Å². The highest BCUT2D eigenvalue weighted by molar-refractivity contribution is 6.06. The van der Waals surface area contributed by atoms with E-state index in [1.165, 1.54) is 0 Å². The number of hydrogen-bond donors (Lipinski definition) is 3. The molecule has 2 aliphatic carbocycles. The Morgan fingerprint density at radius 2 is 2.07 bits per heavy atom. The molecule has 1 aliphatic heterocycles. The molecule has 2 fully saturated rings. The third-order valence-electron chi connectivity index (χ3n) is 6.77. The van der Waals surface area contributed by atoms with Crippen molar-refractivity contribution in [2.75, 3.05) is 19.0 Å². The Morgan fingerprint density at radius 1 is 1.32 bits per heavy atom. The molecule has 3 amide bonds. The number of methoxy groups -OCH3 is 1. The first-order valence-corrected chi connectivity index (χ1v) is 10.4. The maximum atomic E-state index is 12.7. The van der Waals surface area contributed by atoms with Crippen LogP contribution in [0.3, 0.4) is 0 Å². The quantitative estimate of drug-likeness (QED) is 0.678. The molecule has 3 aliphatic rings. The van der Waals surface area contributed by atoms with Gasteiger partial charge in [-0.3, -0.25) is 4.79 Å². The molecule has 2 saturated carbocycles. The van der Waals surface area contributed by atoms with Gasteiger partial charge in [-0.05, 0) is 56.4 Å². The van der Waals surface area contributed by atoms with Crippen molar-refractivity contribution in [3.8, 4) is 5.88 Å². The van der Waals surface area contributed by atoms with Crippen LogP contribution in [0.15, 0.2) is 12.1 Å². The second kappa shape index (κ2) is 7.26. The van der Waals surface area contributed by atoms with Crippen molar-refractivity contribution < 1.29 is 14.3 Å². The van der Waals surface area contributed by atoms with Gasteiger partial charge in [0.25, 0.3) is 0 Å². The zero-order chi connectivity index (χ0) is 19.8. The molecule has 3 N–H and O–H groups in total. The minimum Gasteiger partial charge on any atom is -0.481 e. The first-order chi connectivity index (χ1) is 13.5. The van der Waals surface area contributed by atoms with E-state index < -0.39 is 5.41 Å². The Labute approximate surface area is 166 Å². The third kappa shape index (κ3) is 3.20. The maximum absolute atomic E-state index is 12.7. The third-order valence-corrected chi connectivity index (χ3v) is 6.77. The lowest BCUT2D eigenvalue weighted by molar-refractivity contribution is -0.132. The average Bonchev–Trinajstić information content (AvgIpc) is 2.94. The highest BCUT2D eigenvalue weighted by atomic mass is 16.5. The topological polar surface area (TPSA) is 92.4 Å². The van der Waals surface area contributed by atoms with E-state index in [0.717, 1.165) is 69.3 Å². The zero-order valence-electron chi connectivity index (χ0n) is 16.8. The standard InChI is InChI=1S/C21H30N4O3/c1-3-4-11-22-19(27)23-14-7-9-20(10-8-14)12-21(13-20)17-15(24-18(21)26)5-6-16(25-17)28-2/h5-6,14H,3-4,7-13H2,1-2H3,(H,24,26)(H2,22,23,27). The summed E-state index contributed by atoms with van der Waals surface area (Å²) in [5, 5.41) is 9.03. The molecular formula is C21H30N4O3. The summed E-state index contributed by atoms with van der Waals surface area (Å²) in [7, 11) is 1.60. The van der Waals surface area contributed by atoms with Gasteiger partial charge in [0, 0.05) is 18.7 Å². The van der Waals surface area contributed by atoms with E-state index in [-0.39, 0.29) is 23.4 Å². The van der Waals surface area contributed by atoms with Crippen LogP contribution in [-0.4, -0.2) is 36.6 Å². The van der Waals surface area contributed by atoms with Crippen LogP contribution in [0, 0.1) is 5.41 Å². The van der Waals surface area contributed by atoms with E-state index in [4.69, 9.17) is 4.74 Å². The predicted molar refractivity (Wildman–Crippen MR) is 106 cm³/mol. The summed E-state index contributed by atoms with van der Waals surface area (Å²) < 4.78 is 5.26. The van der Waals surface area contributed by atoms with E-state index in [1.807, 2.05) is 6.07 Å². The van der Waals surface area contributed by atoms with Crippen LogP contribution in [0.1, 0.15) is 64.0 Å². The molecule has 0 bridgehead atoms. The molecule has 0 saturated heterocycles. The summed E-state index contributed by atoms with van der Waals surface area (Å²) in [6.07, 6.45) is 7.79. The second-order valence-corrected chi connectivity index (χ2v) is 8.67. The number of amides is 3. The van der Waals surface area contributed by atoms with Crippen molar-refractivity contribution in [3.05, 3.63) is 17.8 Å². The van der Waals surface area contributed by atoms with E-state index in [1.54, 1.807) is 13.2 Å². The summed E-state index contributed by atoms with van der Waals surface area (Å²) >= 11 is 0. The SMILES string of the molecule is CCCCNC(=O)NC1CCC2(CC1)CC1(C2)C(=O)Nc2ccc(OC)nc21. The van der Waals surface area contributed by atoms with Crippen molar-refractivity contribution >= 4 is 17.6 Å². The zero-order valence-corrected chi connectivity index (χ0v) is 16.8. The van der Waals surface area contributed by atoms with E-state index >= 15 is 0 Å². The number of pyridine rings is 1. The monoisotopic (exact) mass is 386 g/mol. The number of ether oxygens (including phenoxy) is 1. The minimum atomic E-state index is -0.498. The lowest BCUT2D eigenvalue weighted by Gasteiger charge is -2.56. The van der Waals surface area contributed by atoms with Gasteiger partial charge in [-0.1, -0.05) is 13.3 Å². The molecule has 0 atom stereocenters. The predicted octanol–water partition coefficient (Wildman–Crippen LogP) is 3.10. The van der Waals surface area contributed by atoms with Crippen molar-refractivity contribution in [1.82, 2.24) is 15.6 Å². The van der Waals surface area contributed by atoms with E-state index in [2.05, 4.69) is 27.9 Å². The largest absolute Gasteiger partial charge is 0.481 e. The van der Waals surface area contributed by atoms with Crippen LogP contribution in [0.25, 0.3) is 0 Å². The highest BCUT2D eigenvalue weighted by Gasteiger charge is 2.63. The molecule has 0 radical (unpaired) electrons. The number of carbonyl (C=O) groups is 2. The Kier molecular flexibility index (Phi) is 4.93. The van der Waals surface area contributed by atoms with Crippen molar-refractivity contribution in [2.45, 2.75) is 69.7 Å².